The number of carbonyl (C=O) groups is 1. The van der Waals surface area contributed by atoms with Crippen LogP contribution >= 0.6 is 0 Å². The van der Waals surface area contributed by atoms with Crippen molar-refractivity contribution in [1.82, 2.24) is 0 Å². The molecule has 0 saturated carbocycles. The third-order valence-electron chi connectivity index (χ3n) is 2.88. The van der Waals surface area contributed by atoms with Crippen molar-refractivity contribution in [2.75, 3.05) is 5.75 Å². The summed E-state index contributed by atoms with van der Waals surface area (Å²) in [5.41, 5.74) is 1.40. The Morgan fingerprint density at radius 2 is 1.36 bits per heavy atom. The van der Waals surface area contributed by atoms with E-state index in [-0.39, 0.29) is 17.1 Å². The van der Waals surface area contributed by atoms with Gasteiger partial charge in [-0.15, -0.1) is 0 Å². The molecule has 1 aromatic carbocycles. The standard InChI is InChI=1S/C14H14O5S.4C2H6/c15-14(16)9-11-1-3-13(4-2-11)20(17,18)8-6-12-5-7-19-10-12;4*1-2/h1-5,7,10H,6,8-9H2,(H,15,16);4*1-2H3. The van der Waals surface area contributed by atoms with E-state index in [0.717, 1.165) is 5.56 Å². The summed E-state index contributed by atoms with van der Waals surface area (Å²) in [6.45, 7) is 16.0. The second-order valence-corrected chi connectivity index (χ2v) is 6.52. The minimum Gasteiger partial charge on any atom is -0.481 e. The average Bonchev–Trinajstić information content (AvgIpc) is 3.26. The van der Waals surface area contributed by atoms with Crippen molar-refractivity contribution in [1.29, 1.82) is 0 Å². The molecule has 1 heterocycles. The van der Waals surface area contributed by atoms with Gasteiger partial charge in [-0.1, -0.05) is 67.5 Å². The van der Waals surface area contributed by atoms with Crippen LogP contribution in [0.2, 0.25) is 0 Å². The van der Waals surface area contributed by atoms with Gasteiger partial charge in [-0.05, 0) is 35.7 Å². The largest absolute Gasteiger partial charge is 0.481 e. The molecule has 0 bridgehead atoms. The highest BCUT2D eigenvalue weighted by molar-refractivity contribution is 7.91. The zero-order valence-corrected chi connectivity index (χ0v) is 19.5. The van der Waals surface area contributed by atoms with Gasteiger partial charge in [-0.2, -0.15) is 0 Å². The summed E-state index contributed by atoms with van der Waals surface area (Å²) in [6.07, 6.45) is 3.29. The molecule has 0 saturated heterocycles. The zero-order valence-electron chi connectivity index (χ0n) is 18.7. The number of furan rings is 1. The first-order chi connectivity index (χ1) is 13.5. The molecular formula is C22H38O5S. The van der Waals surface area contributed by atoms with E-state index in [1.165, 1.54) is 36.8 Å². The van der Waals surface area contributed by atoms with Gasteiger partial charge >= 0.3 is 5.97 Å². The first-order valence-electron chi connectivity index (χ1n) is 10.0. The summed E-state index contributed by atoms with van der Waals surface area (Å²) in [6, 6.07) is 7.68. The van der Waals surface area contributed by atoms with Gasteiger partial charge in [-0.25, -0.2) is 8.42 Å². The van der Waals surface area contributed by atoms with E-state index in [2.05, 4.69) is 0 Å². The molecule has 0 aliphatic rings. The van der Waals surface area contributed by atoms with E-state index in [4.69, 9.17) is 9.52 Å². The van der Waals surface area contributed by atoms with Gasteiger partial charge in [0.2, 0.25) is 0 Å². The topological polar surface area (TPSA) is 84.6 Å². The van der Waals surface area contributed by atoms with E-state index >= 15 is 0 Å². The van der Waals surface area contributed by atoms with Crippen molar-refractivity contribution in [2.45, 2.75) is 73.1 Å². The van der Waals surface area contributed by atoms with E-state index in [1.54, 1.807) is 6.07 Å². The highest BCUT2D eigenvalue weighted by Gasteiger charge is 2.15. The number of carboxylic acids is 1. The van der Waals surface area contributed by atoms with E-state index in [9.17, 15) is 13.2 Å². The molecule has 0 fully saturated rings. The molecule has 1 aromatic heterocycles. The Hall–Kier alpha value is -2.08. The Morgan fingerprint density at radius 1 is 0.857 bits per heavy atom. The molecule has 0 amide bonds. The molecule has 2 rings (SSSR count). The SMILES string of the molecule is CC.CC.CC.CC.O=C(O)Cc1ccc(S(=O)(=O)CCc2ccoc2)cc1. The molecule has 1 N–H and O–H groups in total. The van der Waals surface area contributed by atoms with Crippen LogP contribution in [0.1, 0.15) is 66.5 Å². The Bertz CT molecular complexity index is 672. The number of aryl methyl sites for hydroxylation is 1. The zero-order chi connectivity index (χ0) is 22.6. The maximum atomic E-state index is 12.1. The van der Waals surface area contributed by atoms with E-state index < -0.39 is 15.8 Å². The number of hydrogen-bond donors (Lipinski definition) is 1. The Morgan fingerprint density at radius 3 is 1.75 bits per heavy atom. The molecule has 28 heavy (non-hydrogen) atoms. The average molecular weight is 415 g/mol. The number of aliphatic carboxylic acids is 1. The molecule has 5 nitrogen and oxygen atoms in total. The molecule has 162 valence electrons. The summed E-state index contributed by atoms with van der Waals surface area (Å²) in [7, 11) is -3.37. The summed E-state index contributed by atoms with van der Waals surface area (Å²) in [5, 5.41) is 8.66. The molecule has 0 radical (unpaired) electrons. The molecule has 6 heteroatoms. The Kier molecular flexibility index (Phi) is 21.5. The fourth-order valence-electron chi connectivity index (χ4n) is 1.79. The minimum absolute atomic E-state index is 0.00912. The van der Waals surface area contributed by atoms with Crippen molar-refractivity contribution < 1.29 is 22.7 Å². The van der Waals surface area contributed by atoms with Gasteiger partial charge in [0.1, 0.15) is 0 Å². The fourth-order valence-corrected chi connectivity index (χ4v) is 3.09. The van der Waals surface area contributed by atoms with E-state index in [1.807, 2.05) is 55.4 Å². The molecule has 0 spiro atoms. The third-order valence-corrected chi connectivity index (χ3v) is 4.61. The third kappa shape index (κ3) is 13.1. The van der Waals surface area contributed by atoms with Crippen LogP contribution in [0.5, 0.6) is 0 Å². The normalized spacial score (nSPS) is 9.00. The van der Waals surface area contributed by atoms with Crippen molar-refractivity contribution in [3.05, 3.63) is 54.0 Å². The van der Waals surface area contributed by atoms with Crippen LogP contribution in [0.4, 0.5) is 0 Å². The molecule has 0 unspecified atom stereocenters. The lowest BCUT2D eigenvalue weighted by Crippen LogP contribution is -2.09. The lowest BCUT2D eigenvalue weighted by atomic mass is 10.2. The molecule has 0 aliphatic heterocycles. The Labute approximate surface area is 171 Å². The van der Waals surface area contributed by atoms with Gasteiger partial charge in [0.15, 0.2) is 9.84 Å². The first kappa shape index (κ1) is 30.6. The summed E-state index contributed by atoms with van der Waals surface area (Å²) < 4.78 is 29.1. The van der Waals surface area contributed by atoms with Crippen molar-refractivity contribution in [2.24, 2.45) is 0 Å². The number of rotatable bonds is 6. The second-order valence-electron chi connectivity index (χ2n) is 4.41. The van der Waals surface area contributed by atoms with Crippen LogP contribution in [0.3, 0.4) is 0 Å². The second kappa shape index (κ2) is 19.7. The predicted molar refractivity (Wildman–Crippen MR) is 118 cm³/mol. The van der Waals surface area contributed by atoms with Crippen molar-refractivity contribution in [3.8, 4) is 0 Å². The van der Waals surface area contributed by atoms with Gasteiger partial charge in [0.05, 0.1) is 29.6 Å². The van der Waals surface area contributed by atoms with Gasteiger partial charge in [0, 0.05) is 0 Å². The number of hydrogen-bond acceptors (Lipinski definition) is 4. The van der Waals surface area contributed by atoms with Crippen LogP contribution in [-0.2, 0) is 27.5 Å². The number of carboxylic acid groups (broad SMARTS) is 1. The van der Waals surface area contributed by atoms with Gasteiger partial charge < -0.3 is 9.52 Å². The summed E-state index contributed by atoms with van der Waals surface area (Å²) in [5.74, 6) is -0.953. The maximum absolute atomic E-state index is 12.1. The maximum Gasteiger partial charge on any atom is 0.307 e. The molecule has 0 aliphatic carbocycles. The molecule has 0 atom stereocenters. The van der Waals surface area contributed by atoms with Crippen LogP contribution in [0, 0.1) is 0 Å². The Balaban J connectivity index is -0.000000695. The van der Waals surface area contributed by atoms with Gasteiger partial charge in [0.25, 0.3) is 0 Å². The van der Waals surface area contributed by atoms with Crippen molar-refractivity contribution >= 4 is 15.8 Å². The predicted octanol–water partition coefficient (Wildman–Crippen LogP) is 6.03. The quantitative estimate of drug-likeness (QED) is 0.624. The molecular weight excluding hydrogens is 376 g/mol. The van der Waals surface area contributed by atoms with Crippen molar-refractivity contribution in [3.63, 3.8) is 0 Å². The number of benzene rings is 1. The van der Waals surface area contributed by atoms with Crippen LogP contribution in [0.15, 0.2) is 52.2 Å². The summed E-state index contributed by atoms with van der Waals surface area (Å²) in [4.78, 5) is 10.8. The highest BCUT2D eigenvalue weighted by atomic mass is 32.2. The smallest absolute Gasteiger partial charge is 0.307 e. The lowest BCUT2D eigenvalue weighted by Gasteiger charge is -2.04. The minimum atomic E-state index is -3.37. The van der Waals surface area contributed by atoms with Crippen LogP contribution < -0.4 is 0 Å². The summed E-state index contributed by atoms with van der Waals surface area (Å²) >= 11 is 0. The fraction of sp³-hybridized carbons (Fsp3) is 0.500. The highest BCUT2D eigenvalue weighted by Crippen LogP contribution is 2.15. The van der Waals surface area contributed by atoms with Crippen LogP contribution in [-0.4, -0.2) is 25.2 Å². The monoisotopic (exact) mass is 414 g/mol. The number of sulfone groups is 1. The first-order valence-corrected chi connectivity index (χ1v) is 11.7. The van der Waals surface area contributed by atoms with Crippen LogP contribution in [0.25, 0.3) is 0 Å². The molecule has 2 aromatic rings. The lowest BCUT2D eigenvalue weighted by molar-refractivity contribution is -0.136. The van der Waals surface area contributed by atoms with E-state index in [0.29, 0.717) is 12.0 Å². The van der Waals surface area contributed by atoms with Gasteiger partial charge in [-0.3, -0.25) is 4.79 Å².